The van der Waals surface area contributed by atoms with Crippen LogP contribution in [0.1, 0.15) is 69.8 Å². The molecule has 3 aliphatic rings. The van der Waals surface area contributed by atoms with Gasteiger partial charge in [0.2, 0.25) is 5.95 Å². The minimum atomic E-state index is -0.456. The first-order valence-corrected chi connectivity index (χ1v) is 16.4. The zero-order valence-electron chi connectivity index (χ0n) is 27.4. The molecule has 3 saturated heterocycles. The number of carbonyl (C=O) groups excluding carboxylic acids is 1. The van der Waals surface area contributed by atoms with Crippen molar-refractivity contribution in [1.29, 1.82) is 5.26 Å². The Morgan fingerprint density at radius 2 is 1.72 bits per heavy atom. The quantitative estimate of drug-likeness (QED) is 0.291. The van der Waals surface area contributed by atoms with Crippen LogP contribution in [0.15, 0.2) is 54.7 Å². The van der Waals surface area contributed by atoms with Gasteiger partial charge in [-0.2, -0.15) is 5.26 Å². The molecule has 2 aromatic carbocycles. The van der Waals surface area contributed by atoms with E-state index in [0.717, 1.165) is 80.6 Å². The van der Waals surface area contributed by atoms with E-state index in [2.05, 4.69) is 46.8 Å². The maximum Gasteiger partial charge on any atom is 0.410 e. The molecule has 0 atom stereocenters. The van der Waals surface area contributed by atoms with Crippen LogP contribution < -0.4 is 9.64 Å². The Morgan fingerprint density at radius 1 is 1.02 bits per heavy atom. The van der Waals surface area contributed by atoms with Crippen molar-refractivity contribution in [2.24, 2.45) is 5.41 Å². The molecule has 0 aliphatic carbocycles. The minimum Gasteiger partial charge on any atom is -0.487 e. The third-order valence-electron chi connectivity index (χ3n) is 9.63. The second-order valence-corrected chi connectivity index (χ2v) is 15.0. The van der Waals surface area contributed by atoms with Crippen LogP contribution in [0.5, 0.6) is 5.75 Å². The smallest absolute Gasteiger partial charge is 0.410 e. The number of nitrogens with zero attached hydrogens (tertiary/aromatic N) is 6. The monoisotopic (exact) mass is 642 g/mol. The predicted octanol–water partition coefficient (Wildman–Crippen LogP) is 6.43. The molecular formula is C36H43ClN6O3. The number of piperidine rings is 1. The highest BCUT2D eigenvalue weighted by Crippen LogP contribution is 2.43. The van der Waals surface area contributed by atoms with Crippen LogP contribution in [-0.2, 0) is 16.8 Å². The van der Waals surface area contributed by atoms with Gasteiger partial charge in [-0.25, -0.2) is 14.8 Å². The van der Waals surface area contributed by atoms with E-state index in [1.54, 1.807) is 6.07 Å². The van der Waals surface area contributed by atoms with Gasteiger partial charge in [-0.15, -0.1) is 0 Å². The molecule has 10 heteroatoms. The maximum atomic E-state index is 12.3. The Morgan fingerprint density at radius 3 is 2.37 bits per heavy atom. The molecule has 3 aliphatic heterocycles. The zero-order valence-corrected chi connectivity index (χ0v) is 28.2. The van der Waals surface area contributed by atoms with Crippen molar-refractivity contribution in [3.63, 3.8) is 0 Å². The molecular weight excluding hydrogens is 600 g/mol. The molecule has 3 aromatic rings. The number of rotatable bonds is 7. The normalized spacial score (nSPS) is 18.5. The third kappa shape index (κ3) is 6.93. The molecule has 1 spiro atoms. The number of hydrogen-bond donors (Lipinski definition) is 0. The van der Waals surface area contributed by atoms with Crippen LogP contribution in [0.4, 0.5) is 10.7 Å². The summed E-state index contributed by atoms with van der Waals surface area (Å²) in [5.74, 6) is 1.52. The van der Waals surface area contributed by atoms with Gasteiger partial charge < -0.3 is 19.3 Å². The first-order chi connectivity index (χ1) is 21.8. The molecule has 3 fully saturated rings. The Hall–Kier alpha value is -3.87. The van der Waals surface area contributed by atoms with Crippen molar-refractivity contribution in [3.05, 3.63) is 82.1 Å². The molecule has 46 heavy (non-hydrogen) atoms. The maximum absolute atomic E-state index is 12.3. The number of amides is 1. The van der Waals surface area contributed by atoms with Crippen LogP contribution >= 0.6 is 11.6 Å². The highest BCUT2D eigenvalue weighted by atomic mass is 35.5. The van der Waals surface area contributed by atoms with Gasteiger partial charge in [0.05, 0.1) is 17.3 Å². The topological polar surface area (TPSA) is 94.8 Å². The van der Waals surface area contributed by atoms with E-state index in [0.29, 0.717) is 28.6 Å². The van der Waals surface area contributed by atoms with Crippen molar-refractivity contribution in [2.75, 3.05) is 44.2 Å². The van der Waals surface area contributed by atoms with E-state index in [9.17, 15) is 10.1 Å². The fourth-order valence-electron chi connectivity index (χ4n) is 6.66. The van der Waals surface area contributed by atoms with Crippen LogP contribution in [0.2, 0.25) is 5.02 Å². The summed E-state index contributed by atoms with van der Waals surface area (Å²) in [5.41, 5.74) is 3.05. The van der Waals surface area contributed by atoms with Crippen LogP contribution in [0.3, 0.4) is 0 Å². The average Bonchev–Trinajstić information content (AvgIpc) is 2.98. The second-order valence-electron chi connectivity index (χ2n) is 14.6. The lowest BCUT2D eigenvalue weighted by atomic mass is 9.71. The average molecular weight is 643 g/mol. The fourth-order valence-corrected chi connectivity index (χ4v) is 6.89. The molecule has 0 radical (unpaired) electrons. The number of ether oxygens (including phenoxy) is 2. The summed E-state index contributed by atoms with van der Waals surface area (Å²) in [6.45, 7) is 15.9. The van der Waals surface area contributed by atoms with Crippen molar-refractivity contribution in [2.45, 2.75) is 71.1 Å². The van der Waals surface area contributed by atoms with Crippen molar-refractivity contribution < 1.29 is 14.3 Å². The first-order valence-electron chi connectivity index (χ1n) is 16.1. The van der Waals surface area contributed by atoms with Gasteiger partial charge in [0, 0.05) is 61.9 Å². The van der Waals surface area contributed by atoms with Crippen LogP contribution in [0.25, 0.3) is 0 Å². The zero-order chi connectivity index (χ0) is 32.7. The van der Waals surface area contributed by atoms with Crippen molar-refractivity contribution in [1.82, 2.24) is 19.8 Å². The molecule has 9 nitrogen and oxygen atoms in total. The summed E-state index contributed by atoms with van der Waals surface area (Å²) in [5, 5.41) is 9.92. The lowest BCUT2D eigenvalue weighted by Crippen LogP contribution is -2.70. The number of likely N-dealkylation sites (tertiary alicyclic amines) is 2. The van der Waals surface area contributed by atoms with Gasteiger partial charge >= 0.3 is 6.09 Å². The number of carbonyl (C=O) groups is 1. The lowest BCUT2D eigenvalue weighted by Gasteiger charge is -2.59. The predicted molar refractivity (Wildman–Crippen MR) is 178 cm³/mol. The van der Waals surface area contributed by atoms with E-state index < -0.39 is 5.60 Å². The summed E-state index contributed by atoms with van der Waals surface area (Å²) in [4.78, 5) is 28.3. The van der Waals surface area contributed by atoms with Crippen LogP contribution in [0, 0.1) is 16.7 Å². The fraction of sp³-hybridized carbons (Fsp3) is 0.500. The van der Waals surface area contributed by atoms with Gasteiger partial charge in [-0.1, -0.05) is 37.6 Å². The number of halogens is 1. The third-order valence-corrected chi connectivity index (χ3v) is 9.84. The van der Waals surface area contributed by atoms with E-state index in [1.807, 2.05) is 62.2 Å². The molecule has 0 unspecified atom stereocenters. The van der Waals surface area contributed by atoms with Gasteiger partial charge in [0.1, 0.15) is 18.0 Å². The number of aromatic nitrogens is 2. The largest absolute Gasteiger partial charge is 0.487 e. The number of nitriles is 1. The molecule has 242 valence electrons. The Labute approximate surface area is 277 Å². The molecule has 1 aromatic heterocycles. The molecule has 1 amide bonds. The summed E-state index contributed by atoms with van der Waals surface area (Å²) in [7, 11) is 0. The lowest BCUT2D eigenvalue weighted by molar-refractivity contribution is -0.0909. The number of benzene rings is 2. The van der Waals surface area contributed by atoms with Crippen molar-refractivity contribution in [3.8, 4) is 11.8 Å². The summed E-state index contributed by atoms with van der Waals surface area (Å²) in [6, 6.07) is 18.1. The van der Waals surface area contributed by atoms with E-state index in [1.165, 1.54) is 0 Å². The van der Waals surface area contributed by atoms with E-state index in [4.69, 9.17) is 26.1 Å². The Kier molecular flexibility index (Phi) is 8.64. The highest BCUT2D eigenvalue weighted by molar-refractivity contribution is 6.30. The summed E-state index contributed by atoms with van der Waals surface area (Å²) < 4.78 is 11.6. The molecule has 4 heterocycles. The summed E-state index contributed by atoms with van der Waals surface area (Å²) >= 11 is 6.28. The molecule has 0 saturated carbocycles. The highest BCUT2D eigenvalue weighted by Gasteiger charge is 2.50. The van der Waals surface area contributed by atoms with Crippen molar-refractivity contribution >= 4 is 23.6 Å². The van der Waals surface area contributed by atoms with E-state index in [-0.39, 0.29) is 11.5 Å². The standard InChI is InChI=1S/C36H43ClN6O3/c1-34(2,3)46-33(44)42-20-30(21-42)43-23-36(24-43)11-14-41(15-12-36)32-39-13-10-29(40-32)22-45-31-8-6-26(7-9-31)35(4,5)27-16-25(19-38)17-28(37)18-27/h6-10,13,16-18,30H,11-12,14-15,20-24H2,1-5H3. The molecule has 0 bridgehead atoms. The number of anilines is 1. The Balaban J connectivity index is 0.974. The van der Waals surface area contributed by atoms with Gasteiger partial charge in [0.25, 0.3) is 0 Å². The summed E-state index contributed by atoms with van der Waals surface area (Å²) in [6.07, 6.45) is 3.84. The van der Waals surface area contributed by atoms with Gasteiger partial charge in [0.15, 0.2) is 0 Å². The number of hydrogen-bond acceptors (Lipinski definition) is 8. The van der Waals surface area contributed by atoms with Crippen LogP contribution in [-0.4, -0.2) is 76.8 Å². The van der Waals surface area contributed by atoms with E-state index >= 15 is 0 Å². The minimum absolute atomic E-state index is 0.205. The molecule has 6 rings (SSSR count). The SMILES string of the molecule is CC(C)(C)OC(=O)N1CC(N2CC3(CCN(c4nccc(COc5ccc(C(C)(C)c6cc(Cl)cc(C#N)c6)cc5)n4)CC3)C2)C1. The van der Waals surface area contributed by atoms with Gasteiger partial charge in [-0.3, -0.25) is 4.90 Å². The second kappa shape index (κ2) is 12.4. The molecule has 0 N–H and O–H groups in total. The first kappa shape index (κ1) is 32.1. The van der Waals surface area contributed by atoms with Gasteiger partial charge in [-0.05, 0) is 86.6 Å². The Bertz CT molecular complexity index is 1610.